The smallest absolute Gasteiger partial charge is 0.410 e. The molecule has 6 nitrogen and oxygen atoms in total. The summed E-state index contributed by atoms with van der Waals surface area (Å²) in [5, 5.41) is 2.97. The number of halogens is 2. The van der Waals surface area contributed by atoms with Crippen LogP contribution in [0.3, 0.4) is 0 Å². The van der Waals surface area contributed by atoms with Crippen molar-refractivity contribution >= 4 is 41.1 Å². The molecule has 28 heavy (non-hydrogen) atoms. The van der Waals surface area contributed by atoms with Crippen LogP contribution >= 0.6 is 23.2 Å². The average Bonchev–Trinajstić information content (AvgIpc) is 2.67. The summed E-state index contributed by atoms with van der Waals surface area (Å²) in [4.78, 5) is 37.4. The summed E-state index contributed by atoms with van der Waals surface area (Å²) in [6, 6.07) is 3.53. The standard InChI is InChI=1S/C20H24Cl2N2O4/c1-24(13-5-3-2-4-6-13)20(27)28-11-12-9-15(21)18(16(22)10-12)14-7-8-17(25)23-19(14)26/h9-10,13-14H,2-8,11H2,1H3,(H,23,25,26). The Morgan fingerprint density at radius 3 is 2.39 bits per heavy atom. The Bertz CT molecular complexity index is 754. The second-order valence-electron chi connectivity index (χ2n) is 7.43. The third-order valence-electron chi connectivity index (χ3n) is 5.50. The van der Waals surface area contributed by atoms with Crippen LogP contribution in [0.15, 0.2) is 12.1 Å². The van der Waals surface area contributed by atoms with Gasteiger partial charge in [0.1, 0.15) is 6.61 Å². The van der Waals surface area contributed by atoms with Gasteiger partial charge in [0.25, 0.3) is 0 Å². The normalized spacial score (nSPS) is 20.6. The predicted octanol–water partition coefficient (Wildman–Crippen LogP) is 4.41. The van der Waals surface area contributed by atoms with Crippen molar-refractivity contribution in [1.82, 2.24) is 10.2 Å². The molecular formula is C20H24Cl2N2O4. The van der Waals surface area contributed by atoms with Crippen LogP contribution in [0.4, 0.5) is 4.79 Å². The van der Waals surface area contributed by atoms with Gasteiger partial charge in [0, 0.05) is 35.1 Å². The molecular weight excluding hydrogens is 403 g/mol. The predicted molar refractivity (Wildman–Crippen MR) is 106 cm³/mol. The van der Waals surface area contributed by atoms with Gasteiger partial charge in [-0.25, -0.2) is 4.79 Å². The molecule has 1 aliphatic heterocycles. The summed E-state index contributed by atoms with van der Waals surface area (Å²) >= 11 is 12.7. The molecule has 1 aromatic carbocycles. The molecule has 2 fully saturated rings. The van der Waals surface area contributed by atoms with Crippen LogP contribution in [0.2, 0.25) is 10.0 Å². The largest absolute Gasteiger partial charge is 0.445 e. The molecule has 1 atom stereocenters. The van der Waals surface area contributed by atoms with Crippen molar-refractivity contribution in [2.75, 3.05) is 7.05 Å². The third-order valence-corrected chi connectivity index (χ3v) is 6.12. The molecule has 0 aromatic heterocycles. The molecule has 8 heteroatoms. The molecule has 0 bridgehead atoms. The van der Waals surface area contributed by atoms with Gasteiger partial charge >= 0.3 is 6.09 Å². The van der Waals surface area contributed by atoms with Crippen LogP contribution < -0.4 is 5.32 Å². The van der Waals surface area contributed by atoms with Gasteiger partial charge in [0.15, 0.2) is 0 Å². The Labute approximate surface area is 174 Å². The lowest BCUT2D eigenvalue weighted by Gasteiger charge is -2.30. The molecule has 1 unspecified atom stereocenters. The van der Waals surface area contributed by atoms with Gasteiger partial charge < -0.3 is 9.64 Å². The van der Waals surface area contributed by atoms with E-state index in [1.807, 2.05) is 0 Å². The number of nitrogens with zero attached hydrogens (tertiary/aromatic N) is 1. The van der Waals surface area contributed by atoms with E-state index in [2.05, 4.69) is 5.32 Å². The quantitative estimate of drug-likeness (QED) is 0.723. The van der Waals surface area contributed by atoms with Gasteiger partial charge in [-0.2, -0.15) is 0 Å². The van der Waals surface area contributed by atoms with Gasteiger partial charge in [0.2, 0.25) is 11.8 Å². The molecule has 1 aliphatic carbocycles. The van der Waals surface area contributed by atoms with E-state index in [1.165, 1.54) is 6.42 Å². The highest BCUT2D eigenvalue weighted by atomic mass is 35.5. The number of piperidine rings is 1. The zero-order valence-electron chi connectivity index (χ0n) is 15.8. The van der Waals surface area contributed by atoms with Gasteiger partial charge in [-0.1, -0.05) is 42.5 Å². The maximum atomic E-state index is 12.3. The summed E-state index contributed by atoms with van der Waals surface area (Å²) in [5.41, 5.74) is 1.15. The number of rotatable bonds is 4. The van der Waals surface area contributed by atoms with Crippen LogP contribution in [0.1, 0.15) is 62.0 Å². The lowest BCUT2D eigenvalue weighted by molar-refractivity contribution is -0.134. The van der Waals surface area contributed by atoms with E-state index >= 15 is 0 Å². The number of nitrogens with one attached hydrogen (secondary N) is 1. The highest BCUT2D eigenvalue weighted by Crippen LogP contribution is 2.37. The number of carbonyl (C=O) groups is 3. The van der Waals surface area contributed by atoms with Gasteiger partial charge in [0.05, 0.1) is 5.92 Å². The second kappa shape index (κ2) is 9.14. The van der Waals surface area contributed by atoms with Crippen molar-refractivity contribution in [3.63, 3.8) is 0 Å². The Balaban J connectivity index is 1.64. The number of ether oxygens (including phenoxy) is 1. The fourth-order valence-corrected chi connectivity index (χ4v) is 4.68. The molecule has 2 aliphatic rings. The number of carbonyl (C=O) groups excluding carboxylic acids is 3. The fourth-order valence-electron chi connectivity index (χ4n) is 3.89. The molecule has 1 N–H and O–H groups in total. The zero-order chi connectivity index (χ0) is 20.3. The van der Waals surface area contributed by atoms with E-state index in [0.29, 0.717) is 27.6 Å². The molecule has 152 valence electrons. The van der Waals surface area contributed by atoms with Crippen LogP contribution in [-0.4, -0.2) is 35.9 Å². The molecule has 1 saturated heterocycles. The Morgan fingerprint density at radius 2 is 1.79 bits per heavy atom. The lowest BCUT2D eigenvalue weighted by atomic mass is 9.90. The minimum Gasteiger partial charge on any atom is -0.445 e. The minimum atomic E-state index is -0.563. The summed E-state index contributed by atoms with van der Waals surface area (Å²) in [6.07, 6.45) is 5.74. The second-order valence-corrected chi connectivity index (χ2v) is 8.25. The Morgan fingerprint density at radius 1 is 1.14 bits per heavy atom. The van der Waals surface area contributed by atoms with E-state index in [1.54, 1.807) is 24.1 Å². The molecule has 1 saturated carbocycles. The molecule has 1 aromatic rings. The first kappa shape index (κ1) is 20.9. The van der Waals surface area contributed by atoms with Crippen LogP contribution in [0, 0.1) is 0 Å². The topological polar surface area (TPSA) is 75.7 Å². The zero-order valence-corrected chi connectivity index (χ0v) is 17.3. The molecule has 0 spiro atoms. The van der Waals surface area contributed by atoms with E-state index in [-0.39, 0.29) is 31.1 Å². The number of amides is 3. The number of imide groups is 1. The lowest BCUT2D eigenvalue weighted by Crippen LogP contribution is -2.39. The van der Waals surface area contributed by atoms with Crippen molar-refractivity contribution in [2.45, 2.75) is 63.5 Å². The van der Waals surface area contributed by atoms with E-state index in [4.69, 9.17) is 27.9 Å². The number of hydrogen-bond acceptors (Lipinski definition) is 4. The summed E-state index contributed by atoms with van der Waals surface area (Å²) in [7, 11) is 1.77. The highest BCUT2D eigenvalue weighted by molar-refractivity contribution is 6.36. The Kier molecular flexibility index (Phi) is 6.83. The van der Waals surface area contributed by atoms with Crippen molar-refractivity contribution in [1.29, 1.82) is 0 Å². The van der Waals surface area contributed by atoms with E-state index in [0.717, 1.165) is 25.7 Å². The first-order valence-electron chi connectivity index (χ1n) is 9.58. The summed E-state index contributed by atoms with van der Waals surface area (Å²) in [5.74, 6) is -1.25. The molecule has 3 amide bonds. The monoisotopic (exact) mass is 426 g/mol. The molecule has 3 rings (SSSR count). The number of benzene rings is 1. The fraction of sp³-hybridized carbons (Fsp3) is 0.550. The van der Waals surface area contributed by atoms with Gasteiger partial charge in [-0.05, 0) is 37.0 Å². The average molecular weight is 427 g/mol. The number of hydrogen-bond donors (Lipinski definition) is 1. The van der Waals surface area contributed by atoms with Crippen LogP contribution in [0.5, 0.6) is 0 Å². The minimum absolute atomic E-state index is 0.0466. The van der Waals surface area contributed by atoms with E-state index < -0.39 is 11.8 Å². The van der Waals surface area contributed by atoms with Crippen molar-refractivity contribution in [2.24, 2.45) is 0 Å². The summed E-state index contributed by atoms with van der Waals surface area (Å²) in [6.45, 7) is 0.0466. The third kappa shape index (κ3) is 4.78. The van der Waals surface area contributed by atoms with Crippen molar-refractivity contribution in [3.8, 4) is 0 Å². The van der Waals surface area contributed by atoms with Crippen molar-refractivity contribution in [3.05, 3.63) is 33.3 Å². The highest BCUT2D eigenvalue weighted by Gasteiger charge is 2.31. The van der Waals surface area contributed by atoms with Crippen LogP contribution in [-0.2, 0) is 20.9 Å². The molecule has 0 radical (unpaired) electrons. The first-order valence-corrected chi connectivity index (χ1v) is 10.3. The molecule has 1 heterocycles. The first-order chi connectivity index (χ1) is 13.4. The Hall–Kier alpha value is -1.79. The summed E-state index contributed by atoms with van der Waals surface area (Å²) < 4.78 is 5.42. The maximum absolute atomic E-state index is 12.3. The van der Waals surface area contributed by atoms with Crippen LogP contribution in [0.25, 0.3) is 0 Å². The SMILES string of the molecule is CN(C(=O)OCc1cc(Cl)c(C2CCC(=O)NC2=O)c(Cl)c1)C1CCCCC1. The van der Waals surface area contributed by atoms with Gasteiger partial charge in [-0.15, -0.1) is 0 Å². The van der Waals surface area contributed by atoms with Crippen molar-refractivity contribution < 1.29 is 19.1 Å². The van der Waals surface area contributed by atoms with E-state index in [9.17, 15) is 14.4 Å². The van der Waals surface area contributed by atoms with Gasteiger partial charge in [-0.3, -0.25) is 14.9 Å². The maximum Gasteiger partial charge on any atom is 0.410 e.